The van der Waals surface area contributed by atoms with E-state index in [1.165, 1.54) is 5.56 Å². The highest BCUT2D eigenvalue weighted by Crippen LogP contribution is 2.47. The van der Waals surface area contributed by atoms with E-state index >= 15 is 0 Å². The average molecular weight is 494 g/mol. The van der Waals surface area contributed by atoms with Crippen LogP contribution >= 0.6 is 0 Å². The number of nitrogens with zero attached hydrogens (tertiary/aromatic N) is 1. The number of fused-ring (bicyclic) bond motifs is 1. The summed E-state index contributed by atoms with van der Waals surface area (Å²) in [6, 6.07) is 24.6. The zero-order valence-electron chi connectivity index (χ0n) is 21.1. The van der Waals surface area contributed by atoms with Crippen molar-refractivity contribution in [3.8, 4) is 11.1 Å². The first-order valence-corrected chi connectivity index (χ1v) is 12.6. The zero-order chi connectivity index (χ0) is 26.0. The molecule has 2 amide bonds. The second-order valence-corrected chi connectivity index (χ2v) is 10.5. The van der Waals surface area contributed by atoms with E-state index in [9.17, 15) is 9.59 Å². The molecule has 0 spiro atoms. The van der Waals surface area contributed by atoms with E-state index in [1.54, 1.807) is 6.20 Å². The number of aromatic nitrogens is 1. The van der Waals surface area contributed by atoms with Gasteiger partial charge in [-0.25, -0.2) is 4.79 Å². The fraction of sp³-hybridized carbons (Fsp3) is 0.258. The maximum absolute atomic E-state index is 12.8. The van der Waals surface area contributed by atoms with Gasteiger partial charge in [-0.1, -0.05) is 66.7 Å². The third-order valence-electron chi connectivity index (χ3n) is 7.05. The Morgan fingerprint density at radius 2 is 1.81 bits per heavy atom. The summed E-state index contributed by atoms with van der Waals surface area (Å²) in [5.74, 6) is 0.443. The van der Waals surface area contributed by atoms with Crippen molar-refractivity contribution in [3.63, 3.8) is 0 Å². The van der Waals surface area contributed by atoms with Crippen LogP contribution in [-0.2, 0) is 17.8 Å². The zero-order valence-corrected chi connectivity index (χ0v) is 21.1. The van der Waals surface area contributed by atoms with Crippen molar-refractivity contribution in [1.82, 2.24) is 15.6 Å². The van der Waals surface area contributed by atoms with Crippen LogP contribution < -0.4 is 10.6 Å². The van der Waals surface area contributed by atoms with Crippen LogP contribution in [0.4, 0.5) is 4.79 Å². The molecule has 0 saturated heterocycles. The molecule has 1 aliphatic carbocycles. The number of benzene rings is 3. The van der Waals surface area contributed by atoms with Gasteiger partial charge in [-0.15, -0.1) is 0 Å². The van der Waals surface area contributed by atoms with E-state index in [0.717, 1.165) is 39.4 Å². The highest BCUT2D eigenvalue weighted by molar-refractivity contribution is 5.98. The third kappa shape index (κ3) is 5.64. The number of rotatable bonds is 8. The molecule has 2 unspecified atom stereocenters. The lowest BCUT2D eigenvalue weighted by Gasteiger charge is -2.25. The average Bonchev–Trinajstić information content (AvgIpc) is 3.68. The molecule has 4 aromatic rings. The van der Waals surface area contributed by atoms with Gasteiger partial charge in [0.15, 0.2) is 0 Å². The Labute approximate surface area is 216 Å². The topological polar surface area (TPSA) is 91.3 Å². The van der Waals surface area contributed by atoms with Crippen molar-refractivity contribution in [2.75, 3.05) is 0 Å². The molecule has 1 aromatic heterocycles. The summed E-state index contributed by atoms with van der Waals surface area (Å²) >= 11 is 0. The molecule has 6 heteroatoms. The van der Waals surface area contributed by atoms with Gasteiger partial charge in [0.25, 0.3) is 0 Å². The monoisotopic (exact) mass is 493 g/mol. The molecule has 3 N–H and O–H groups in total. The van der Waals surface area contributed by atoms with E-state index < -0.39 is 11.6 Å². The van der Waals surface area contributed by atoms with Crippen LogP contribution in [0.25, 0.3) is 21.9 Å². The summed E-state index contributed by atoms with van der Waals surface area (Å²) in [5.41, 5.74) is 4.85. The first-order chi connectivity index (χ1) is 17.8. The van der Waals surface area contributed by atoms with Gasteiger partial charge >= 0.3 is 6.09 Å². The smallest absolute Gasteiger partial charge is 0.405 e. The number of pyridine rings is 1. The van der Waals surface area contributed by atoms with E-state index in [-0.39, 0.29) is 11.8 Å². The first kappa shape index (κ1) is 24.5. The van der Waals surface area contributed by atoms with E-state index in [1.807, 2.05) is 56.4 Å². The van der Waals surface area contributed by atoms with Gasteiger partial charge in [-0.2, -0.15) is 0 Å². The largest absolute Gasteiger partial charge is 0.465 e. The summed E-state index contributed by atoms with van der Waals surface area (Å²) in [6.45, 7) is 4.21. The van der Waals surface area contributed by atoms with Crippen LogP contribution in [0.15, 0.2) is 85.2 Å². The maximum Gasteiger partial charge on any atom is 0.405 e. The molecule has 1 heterocycles. The van der Waals surface area contributed by atoms with Crippen LogP contribution in [0.3, 0.4) is 0 Å². The number of carboxylic acid groups (broad SMARTS) is 1. The Bertz CT molecular complexity index is 1450. The van der Waals surface area contributed by atoms with E-state index in [0.29, 0.717) is 18.9 Å². The summed E-state index contributed by atoms with van der Waals surface area (Å²) in [4.78, 5) is 28.3. The molecule has 1 saturated carbocycles. The van der Waals surface area contributed by atoms with Crippen molar-refractivity contribution in [2.24, 2.45) is 5.92 Å². The van der Waals surface area contributed by atoms with Crippen LogP contribution in [0.1, 0.15) is 42.9 Å². The predicted octanol–water partition coefficient (Wildman–Crippen LogP) is 5.91. The summed E-state index contributed by atoms with van der Waals surface area (Å²) in [7, 11) is 0. The lowest BCUT2D eigenvalue weighted by molar-refractivity contribution is -0.122. The Morgan fingerprint density at radius 3 is 2.59 bits per heavy atom. The Hall–Kier alpha value is -4.19. The molecule has 188 valence electrons. The van der Waals surface area contributed by atoms with Crippen molar-refractivity contribution in [1.29, 1.82) is 0 Å². The van der Waals surface area contributed by atoms with E-state index in [4.69, 9.17) is 5.11 Å². The number of nitrogens with one attached hydrogen (secondary N) is 2. The lowest BCUT2D eigenvalue weighted by Crippen LogP contribution is -2.44. The van der Waals surface area contributed by atoms with Crippen LogP contribution in [0.5, 0.6) is 0 Å². The number of amides is 2. The summed E-state index contributed by atoms with van der Waals surface area (Å²) in [5, 5.41) is 16.9. The summed E-state index contributed by atoms with van der Waals surface area (Å²) in [6.07, 6.45) is 4.08. The molecule has 0 bridgehead atoms. The number of hydrogen-bond donors (Lipinski definition) is 3. The second kappa shape index (κ2) is 10.1. The van der Waals surface area contributed by atoms with Gasteiger partial charge in [-0.3, -0.25) is 9.78 Å². The minimum absolute atomic E-state index is 0.0358. The van der Waals surface area contributed by atoms with Crippen LogP contribution in [0.2, 0.25) is 0 Å². The van der Waals surface area contributed by atoms with Gasteiger partial charge in [-0.05, 0) is 71.9 Å². The molecule has 1 aliphatic rings. The third-order valence-corrected chi connectivity index (χ3v) is 7.05. The molecule has 0 aliphatic heterocycles. The van der Waals surface area contributed by atoms with Gasteiger partial charge in [0.2, 0.25) is 5.91 Å². The number of carbonyl (C=O) groups excluding carboxylic acids is 1. The van der Waals surface area contributed by atoms with Crippen molar-refractivity contribution in [2.45, 2.75) is 44.7 Å². The molecule has 2 atom stereocenters. The van der Waals surface area contributed by atoms with Gasteiger partial charge in [0.1, 0.15) is 0 Å². The molecule has 37 heavy (non-hydrogen) atoms. The highest BCUT2D eigenvalue weighted by atomic mass is 16.4. The highest BCUT2D eigenvalue weighted by Gasteiger charge is 2.43. The summed E-state index contributed by atoms with van der Waals surface area (Å²) < 4.78 is 0. The number of carbonyl (C=O) groups is 2. The molecule has 0 radical (unpaired) electrons. The maximum atomic E-state index is 12.8. The van der Waals surface area contributed by atoms with Crippen molar-refractivity contribution in [3.05, 3.63) is 102 Å². The van der Waals surface area contributed by atoms with Crippen LogP contribution in [0, 0.1) is 5.92 Å². The second-order valence-electron chi connectivity index (χ2n) is 10.5. The normalized spacial score (nSPS) is 16.8. The van der Waals surface area contributed by atoms with Crippen LogP contribution in [-0.4, -0.2) is 27.6 Å². The van der Waals surface area contributed by atoms with E-state index in [2.05, 4.69) is 52.0 Å². The SMILES string of the molecule is CC(C)(Cc1cccc(-c2ccc(CNC(=O)C3CC3c3ccccc3)c3cnccc23)c1)NC(=O)O. The standard InChI is InChI=1S/C31H31N3O3/c1-31(2,34-30(36)37)17-20-7-6-10-22(15-20)24-12-11-23(28-19-32-14-13-25(24)28)18-33-29(35)27-16-26(27)21-8-4-3-5-9-21/h3-15,19,26-27,34H,16-18H2,1-2H3,(H,33,35)(H,36,37). The number of hydrogen-bond acceptors (Lipinski definition) is 3. The van der Waals surface area contributed by atoms with Gasteiger partial charge in [0, 0.05) is 35.8 Å². The molecule has 6 nitrogen and oxygen atoms in total. The van der Waals surface area contributed by atoms with Gasteiger partial charge < -0.3 is 15.7 Å². The van der Waals surface area contributed by atoms with Crippen molar-refractivity contribution >= 4 is 22.8 Å². The molecule has 1 fully saturated rings. The quantitative estimate of drug-likeness (QED) is 0.285. The van der Waals surface area contributed by atoms with Gasteiger partial charge in [0.05, 0.1) is 0 Å². The van der Waals surface area contributed by atoms with Crippen molar-refractivity contribution < 1.29 is 14.7 Å². The minimum Gasteiger partial charge on any atom is -0.465 e. The molecule has 5 rings (SSSR count). The minimum atomic E-state index is -1.03. The fourth-order valence-electron chi connectivity index (χ4n) is 5.21. The lowest BCUT2D eigenvalue weighted by atomic mass is 9.91. The molecular formula is C31H31N3O3. The molecular weight excluding hydrogens is 462 g/mol. The fourth-order valence-corrected chi connectivity index (χ4v) is 5.21. The first-order valence-electron chi connectivity index (χ1n) is 12.6. The Kier molecular flexibility index (Phi) is 6.66. The molecule has 3 aromatic carbocycles. The predicted molar refractivity (Wildman–Crippen MR) is 145 cm³/mol. The Morgan fingerprint density at radius 1 is 1.00 bits per heavy atom. The Balaban J connectivity index is 1.34.